The van der Waals surface area contributed by atoms with E-state index < -0.39 is 22.7 Å². The molecule has 1 aromatic rings. The van der Waals surface area contributed by atoms with E-state index in [1.54, 1.807) is 0 Å². The second-order valence-corrected chi connectivity index (χ2v) is 3.46. The molecule has 0 saturated carbocycles. The molecule has 0 amide bonds. The minimum atomic E-state index is -4.23. The van der Waals surface area contributed by atoms with Gasteiger partial charge in [0.1, 0.15) is 5.75 Å². The van der Waals surface area contributed by atoms with Gasteiger partial charge in [-0.15, -0.1) is 0 Å². The summed E-state index contributed by atoms with van der Waals surface area (Å²) >= 11 is 9.72. The highest BCUT2D eigenvalue weighted by Gasteiger charge is 2.42. The van der Waals surface area contributed by atoms with E-state index in [1.165, 1.54) is 18.2 Å². The SMILES string of the molecule is O=C(Cl)c1ccccc1OC(F)(F)C(F)Cl. The molecule has 0 aliphatic rings. The first-order chi connectivity index (χ1) is 7.34. The van der Waals surface area contributed by atoms with E-state index in [2.05, 4.69) is 16.3 Å². The van der Waals surface area contributed by atoms with E-state index in [1.807, 2.05) is 0 Å². The van der Waals surface area contributed by atoms with Gasteiger partial charge in [-0.2, -0.15) is 8.78 Å². The molecule has 1 aromatic carbocycles. The highest BCUT2D eigenvalue weighted by molar-refractivity contribution is 6.68. The third-order valence-corrected chi connectivity index (χ3v) is 2.06. The molecule has 0 heterocycles. The van der Waals surface area contributed by atoms with Crippen LogP contribution in [0.1, 0.15) is 10.4 Å². The highest BCUT2D eigenvalue weighted by atomic mass is 35.5. The average molecular weight is 273 g/mol. The summed E-state index contributed by atoms with van der Waals surface area (Å²) in [4.78, 5) is 10.8. The highest BCUT2D eigenvalue weighted by Crippen LogP contribution is 2.31. The maximum atomic E-state index is 12.8. The number of halogens is 5. The normalized spacial score (nSPS) is 13.3. The Balaban J connectivity index is 3.02. The third-order valence-electron chi connectivity index (χ3n) is 1.60. The fourth-order valence-electron chi connectivity index (χ4n) is 0.909. The zero-order chi connectivity index (χ0) is 12.3. The molecule has 0 spiro atoms. The number of alkyl halides is 4. The summed E-state index contributed by atoms with van der Waals surface area (Å²) < 4.78 is 41.9. The molecule has 7 heteroatoms. The summed E-state index contributed by atoms with van der Waals surface area (Å²) in [6, 6.07) is 4.95. The quantitative estimate of drug-likeness (QED) is 0.619. The Labute approximate surface area is 98.9 Å². The zero-order valence-electron chi connectivity index (χ0n) is 7.59. The lowest BCUT2D eigenvalue weighted by molar-refractivity contribution is -0.199. The molecule has 1 atom stereocenters. The molecular weight excluding hydrogens is 268 g/mol. The molecule has 16 heavy (non-hydrogen) atoms. The van der Waals surface area contributed by atoms with E-state index in [0.29, 0.717) is 0 Å². The molecule has 88 valence electrons. The molecule has 0 bridgehead atoms. The number of hydrogen-bond donors (Lipinski definition) is 0. The van der Waals surface area contributed by atoms with E-state index >= 15 is 0 Å². The van der Waals surface area contributed by atoms with Crippen molar-refractivity contribution in [3.8, 4) is 5.75 Å². The maximum absolute atomic E-state index is 12.8. The molecule has 2 nitrogen and oxygen atoms in total. The van der Waals surface area contributed by atoms with Crippen LogP contribution in [0.15, 0.2) is 24.3 Å². The first kappa shape index (κ1) is 13.1. The summed E-state index contributed by atoms with van der Waals surface area (Å²) in [6.45, 7) is 0. The van der Waals surface area contributed by atoms with E-state index in [0.717, 1.165) is 6.07 Å². The second kappa shape index (κ2) is 4.93. The predicted octanol–water partition coefficient (Wildman–Crippen LogP) is 3.57. The topological polar surface area (TPSA) is 26.3 Å². The Kier molecular flexibility index (Phi) is 4.04. The fraction of sp³-hybridized carbons (Fsp3) is 0.222. The summed E-state index contributed by atoms with van der Waals surface area (Å²) in [5.41, 5.74) is -3.31. The molecule has 0 radical (unpaired) electrons. The lowest BCUT2D eigenvalue weighted by Gasteiger charge is -2.18. The van der Waals surface area contributed by atoms with E-state index in [-0.39, 0.29) is 5.56 Å². The van der Waals surface area contributed by atoms with Gasteiger partial charge in [0.05, 0.1) is 5.56 Å². The molecule has 1 unspecified atom stereocenters. The van der Waals surface area contributed by atoms with Crippen LogP contribution in [0.5, 0.6) is 5.75 Å². The lowest BCUT2D eigenvalue weighted by atomic mass is 10.2. The number of benzene rings is 1. The Morgan fingerprint density at radius 1 is 1.38 bits per heavy atom. The fourth-order valence-corrected chi connectivity index (χ4v) is 1.11. The molecule has 0 aliphatic heterocycles. The molecule has 0 aliphatic carbocycles. The van der Waals surface area contributed by atoms with Crippen molar-refractivity contribution in [3.63, 3.8) is 0 Å². The van der Waals surface area contributed by atoms with Crippen LogP contribution in [0.25, 0.3) is 0 Å². The van der Waals surface area contributed by atoms with Crippen molar-refractivity contribution in [1.29, 1.82) is 0 Å². The van der Waals surface area contributed by atoms with Gasteiger partial charge in [-0.3, -0.25) is 4.79 Å². The maximum Gasteiger partial charge on any atom is 0.444 e. The van der Waals surface area contributed by atoms with Gasteiger partial charge in [0.15, 0.2) is 0 Å². The Hall–Kier alpha value is -0.940. The lowest BCUT2D eigenvalue weighted by Crippen LogP contribution is -2.33. The van der Waals surface area contributed by atoms with Crippen molar-refractivity contribution in [1.82, 2.24) is 0 Å². The smallest absolute Gasteiger partial charge is 0.429 e. The number of ether oxygens (including phenoxy) is 1. The second-order valence-electron chi connectivity index (χ2n) is 2.73. The monoisotopic (exact) mass is 272 g/mol. The van der Waals surface area contributed by atoms with Crippen LogP contribution in [0.2, 0.25) is 0 Å². The minimum Gasteiger partial charge on any atom is -0.429 e. The summed E-state index contributed by atoms with van der Waals surface area (Å²) in [5.74, 6) is -0.532. The molecular formula is C9H5Cl2F3O2. The van der Waals surface area contributed by atoms with Crippen molar-refractivity contribution in [2.24, 2.45) is 0 Å². The van der Waals surface area contributed by atoms with Crippen LogP contribution < -0.4 is 4.74 Å². The van der Waals surface area contributed by atoms with Gasteiger partial charge in [0, 0.05) is 0 Å². The third kappa shape index (κ3) is 3.02. The first-order valence-electron chi connectivity index (χ1n) is 3.98. The summed E-state index contributed by atoms with van der Waals surface area (Å²) in [5, 5.41) is -0.989. The van der Waals surface area contributed by atoms with Gasteiger partial charge >= 0.3 is 6.11 Å². The van der Waals surface area contributed by atoms with Gasteiger partial charge in [-0.25, -0.2) is 4.39 Å². The summed E-state index contributed by atoms with van der Waals surface area (Å²) in [7, 11) is 0. The van der Waals surface area contributed by atoms with Crippen LogP contribution in [0.4, 0.5) is 13.2 Å². The molecule has 1 rings (SSSR count). The van der Waals surface area contributed by atoms with Crippen LogP contribution in [0.3, 0.4) is 0 Å². The van der Waals surface area contributed by atoms with Crippen LogP contribution in [-0.2, 0) is 0 Å². The Morgan fingerprint density at radius 2 is 1.94 bits per heavy atom. The first-order valence-corrected chi connectivity index (χ1v) is 4.80. The van der Waals surface area contributed by atoms with Crippen molar-refractivity contribution in [3.05, 3.63) is 29.8 Å². The molecule has 0 N–H and O–H groups in total. The van der Waals surface area contributed by atoms with Crippen molar-refractivity contribution in [2.75, 3.05) is 0 Å². The van der Waals surface area contributed by atoms with Gasteiger partial charge in [-0.05, 0) is 23.7 Å². The largest absolute Gasteiger partial charge is 0.444 e. The van der Waals surface area contributed by atoms with Crippen LogP contribution >= 0.6 is 23.2 Å². The minimum absolute atomic E-state index is 0.291. The molecule has 0 aromatic heterocycles. The van der Waals surface area contributed by atoms with Gasteiger partial charge < -0.3 is 4.74 Å². The van der Waals surface area contributed by atoms with Gasteiger partial charge in [0.2, 0.25) is 0 Å². The van der Waals surface area contributed by atoms with Gasteiger partial charge in [0.25, 0.3) is 10.9 Å². The average Bonchev–Trinajstić information content (AvgIpc) is 2.17. The molecule has 0 saturated heterocycles. The van der Waals surface area contributed by atoms with Crippen molar-refractivity contribution < 1.29 is 22.7 Å². The molecule has 0 fully saturated rings. The Morgan fingerprint density at radius 3 is 2.44 bits per heavy atom. The Bertz CT molecular complexity index is 396. The van der Waals surface area contributed by atoms with Crippen molar-refractivity contribution in [2.45, 2.75) is 11.7 Å². The number of para-hydroxylation sites is 1. The summed E-state index contributed by atoms with van der Waals surface area (Å²) in [6.07, 6.45) is -4.23. The van der Waals surface area contributed by atoms with E-state index in [9.17, 15) is 18.0 Å². The predicted molar refractivity (Wildman–Crippen MR) is 52.9 cm³/mol. The number of carbonyl (C=O) groups excluding carboxylic acids is 1. The van der Waals surface area contributed by atoms with E-state index in [4.69, 9.17) is 11.6 Å². The zero-order valence-corrected chi connectivity index (χ0v) is 9.10. The van der Waals surface area contributed by atoms with Crippen molar-refractivity contribution >= 4 is 28.4 Å². The number of hydrogen-bond acceptors (Lipinski definition) is 2. The van der Waals surface area contributed by atoms with Gasteiger partial charge in [-0.1, -0.05) is 23.7 Å². The standard InChI is InChI=1S/C9H5Cl2F3O2/c10-7(15)5-3-1-2-4-6(5)16-9(13,14)8(11)12/h1-4,8H. The number of carbonyl (C=O) groups is 1. The van der Waals surface area contributed by atoms with Crippen LogP contribution in [-0.4, -0.2) is 17.0 Å². The number of rotatable bonds is 4. The van der Waals surface area contributed by atoms with Crippen LogP contribution in [0, 0.1) is 0 Å².